The van der Waals surface area contributed by atoms with Gasteiger partial charge in [0.1, 0.15) is 5.65 Å². The molecule has 0 aliphatic carbocycles. The topological polar surface area (TPSA) is 44.9 Å². The second kappa shape index (κ2) is 8.76. The molecule has 5 nitrogen and oxygen atoms in total. The van der Waals surface area contributed by atoms with Crippen molar-refractivity contribution in [1.82, 2.24) is 19.6 Å². The number of hydrogen-bond acceptors (Lipinski definition) is 3. The van der Waals surface area contributed by atoms with Gasteiger partial charge < -0.3 is 14.6 Å². The van der Waals surface area contributed by atoms with Gasteiger partial charge in [-0.1, -0.05) is 18.2 Å². The van der Waals surface area contributed by atoms with Crippen LogP contribution in [0.3, 0.4) is 0 Å². The maximum atomic E-state index is 4.63. The predicted molar refractivity (Wildman–Crippen MR) is 110 cm³/mol. The van der Waals surface area contributed by atoms with Gasteiger partial charge in [-0.3, -0.25) is 4.99 Å². The monoisotopic (exact) mass is 367 g/mol. The Morgan fingerprint density at radius 1 is 1.23 bits per heavy atom. The van der Waals surface area contributed by atoms with Crippen LogP contribution in [0.15, 0.2) is 64.7 Å². The predicted octanol–water partition coefficient (Wildman–Crippen LogP) is 3.31. The zero-order valence-corrected chi connectivity index (χ0v) is 16.3. The van der Waals surface area contributed by atoms with Crippen LogP contribution >= 0.6 is 11.8 Å². The van der Waals surface area contributed by atoms with Crippen LogP contribution in [-0.4, -0.2) is 47.1 Å². The molecule has 3 rings (SSSR count). The van der Waals surface area contributed by atoms with E-state index in [2.05, 4.69) is 68.4 Å². The highest BCUT2D eigenvalue weighted by Gasteiger charge is 2.07. The molecule has 0 radical (unpaired) electrons. The number of rotatable bonds is 6. The van der Waals surface area contributed by atoms with Gasteiger partial charge >= 0.3 is 0 Å². The first-order valence-corrected chi connectivity index (χ1v) is 9.89. The number of imidazole rings is 1. The number of hydrogen-bond donors (Lipinski definition) is 1. The molecule has 0 aliphatic heterocycles. The number of benzene rings is 1. The van der Waals surface area contributed by atoms with Crippen LogP contribution in [0.4, 0.5) is 0 Å². The summed E-state index contributed by atoms with van der Waals surface area (Å²) in [5.74, 6) is 0.891. The maximum Gasteiger partial charge on any atom is 0.193 e. The molecule has 0 aliphatic rings. The van der Waals surface area contributed by atoms with Crippen molar-refractivity contribution in [3.8, 4) is 0 Å². The summed E-state index contributed by atoms with van der Waals surface area (Å²) in [7, 11) is 3.88. The van der Waals surface area contributed by atoms with Crippen molar-refractivity contribution in [2.24, 2.45) is 4.99 Å². The molecule has 136 valence electrons. The second-order valence-corrected chi connectivity index (χ2v) is 7.01. The van der Waals surface area contributed by atoms with Gasteiger partial charge in [0, 0.05) is 50.9 Å². The van der Waals surface area contributed by atoms with Gasteiger partial charge in [-0.2, -0.15) is 0 Å². The largest absolute Gasteiger partial charge is 0.356 e. The first-order valence-electron chi connectivity index (χ1n) is 8.67. The summed E-state index contributed by atoms with van der Waals surface area (Å²) >= 11 is 1.76. The highest BCUT2D eigenvalue weighted by molar-refractivity contribution is 7.98. The van der Waals surface area contributed by atoms with Crippen LogP contribution in [0, 0.1) is 0 Å². The van der Waals surface area contributed by atoms with Crippen molar-refractivity contribution in [3.63, 3.8) is 0 Å². The Kier molecular flexibility index (Phi) is 6.17. The van der Waals surface area contributed by atoms with Crippen LogP contribution in [0.25, 0.3) is 5.65 Å². The molecule has 3 aromatic rings. The van der Waals surface area contributed by atoms with Gasteiger partial charge in [0.05, 0.1) is 5.69 Å². The molecule has 0 saturated heterocycles. The van der Waals surface area contributed by atoms with E-state index in [1.807, 2.05) is 31.4 Å². The molecule has 0 unspecified atom stereocenters. The van der Waals surface area contributed by atoms with Gasteiger partial charge in [-0.25, -0.2) is 4.98 Å². The minimum Gasteiger partial charge on any atom is -0.356 e. The van der Waals surface area contributed by atoms with E-state index in [9.17, 15) is 0 Å². The number of nitrogens with zero attached hydrogens (tertiary/aromatic N) is 4. The van der Waals surface area contributed by atoms with Crippen molar-refractivity contribution in [2.45, 2.75) is 17.9 Å². The summed E-state index contributed by atoms with van der Waals surface area (Å²) in [6.07, 6.45) is 7.05. The Labute approximate surface area is 159 Å². The molecule has 0 amide bonds. The highest BCUT2D eigenvalue weighted by Crippen LogP contribution is 2.15. The summed E-state index contributed by atoms with van der Waals surface area (Å²) in [5.41, 5.74) is 3.33. The molecule has 0 atom stereocenters. The molecule has 2 heterocycles. The number of nitrogens with one attached hydrogen (secondary N) is 1. The van der Waals surface area contributed by atoms with E-state index in [0.29, 0.717) is 0 Å². The normalized spacial score (nSPS) is 11.7. The van der Waals surface area contributed by atoms with E-state index in [0.717, 1.165) is 36.8 Å². The molecule has 26 heavy (non-hydrogen) atoms. The molecule has 0 spiro atoms. The number of thioether (sulfide) groups is 1. The Morgan fingerprint density at radius 2 is 2.04 bits per heavy atom. The number of guanidine groups is 1. The van der Waals surface area contributed by atoms with Crippen LogP contribution in [-0.2, 0) is 13.0 Å². The standard InChI is InChI=1S/C20H25N5S/c1-21-20(24(2)14-16-7-9-18(26-3)10-8-16)22-12-11-17-15-25-13-5-4-6-19(25)23-17/h4-10,13,15H,11-12,14H2,1-3H3,(H,21,22). The smallest absolute Gasteiger partial charge is 0.193 e. The number of pyridine rings is 1. The van der Waals surface area contributed by atoms with E-state index < -0.39 is 0 Å². The van der Waals surface area contributed by atoms with Crippen LogP contribution in [0.1, 0.15) is 11.3 Å². The SMILES string of the molecule is CN=C(NCCc1cn2ccccc2n1)N(C)Cc1ccc(SC)cc1. The number of fused-ring (bicyclic) bond motifs is 1. The highest BCUT2D eigenvalue weighted by atomic mass is 32.2. The van der Waals surface area contributed by atoms with Gasteiger partial charge in [0.15, 0.2) is 5.96 Å². The Bertz CT molecular complexity index is 836. The minimum atomic E-state index is 0.798. The molecular formula is C20H25N5S. The summed E-state index contributed by atoms with van der Waals surface area (Å²) in [5, 5.41) is 3.43. The van der Waals surface area contributed by atoms with E-state index in [1.165, 1.54) is 10.5 Å². The van der Waals surface area contributed by atoms with Crippen LogP contribution in [0.5, 0.6) is 0 Å². The first-order chi connectivity index (χ1) is 12.7. The average Bonchev–Trinajstić information content (AvgIpc) is 3.08. The fourth-order valence-corrected chi connectivity index (χ4v) is 3.28. The lowest BCUT2D eigenvalue weighted by Gasteiger charge is -2.22. The number of aromatic nitrogens is 2. The van der Waals surface area contributed by atoms with Gasteiger partial charge in [0.25, 0.3) is 0 Å². The zero-order valence-electron chi connectivity index (χ0n) is 15.5. The third-order valence-electron chi connectivity index (χ3n) is 4.23. The van der Waals surface area contributed by atoms with E-state index >= 15 is 0 Å². The summed E-state index contributed by atoms with van der Waals surface area (Å²) in [6, 6.07) is 14.7. The molecule has 0 fully saturated rings. The van der Waals surface area contributed by atoms with Gasteiger partial charge in [-0.15, -0.1) is 11.8 Å². The van der Waals surface area contributed by atoms with E-state index in [4.69, 9.17) is 0 Å². The zero-order chi connectivity index (χ0) is 18.4. The lowest BCUT2D eigenvalue weighted by Crippen LogP contribution is -2.39. The third kappa shape index (κ3) is 4.58. The Morgan fingerprint density at radius 3 is 2.73 bits per heavy atom. The fraction of sp³-hybridized carbons (Fsp3) is 0.300. The molecule has 0 saturated carbocycles. The lowest BCUT2D eigenvalue weighted by atomic mass is 10.2. The van der Waals surface area contributed by atoms with Crippen molar-refractivity contribution in [3.05, 3.63) is 66.1 Å². The van der Waals surface area contributed by atoms with Gasteiger partial charge in [0.2, 0.25) is 0 Å². The second-order valence-electron chi connectivity index (χ2n) is 6.13. The Balaban J connectivity index is 1.53. The Hall–Kier alpha value is -2.47. The minimum absolute atomic E-state index is 0.798. The summed E-state index contributed by atoms with van der Waals surface area (Å²) in [4.78, 5) is 12.4. The van der Waals surface area contributed by atoms with Crippen molar-refractivity contribution in [1.29, 1.82) is 0 Å². The van der Waals surface area contributed by atoms with E-state index in [-0.39, 0.29) is 0 Å². The molecule has 6 heteroatoms. The first kappa shape index (κ1) is 18.3. The van der Waals surface area contributed by atoms with Gasteiger partial charge in [-0.05, 0) is 36.1 Å². The lowest BCUT2D eigenvalue weighted by molar-refractivity contribution is 0.477. The average molecular weight is 368 g/mol. The van der Waals surface area contributed by atoms with Crippen molar-refractivity contribution in [2.75, 3.05) is 26.9 Å². The quantitative estimate of drug-likeness (QED) is 0.412. The fourth-order valence-electron chi connectivity index (χ4n) is 2.87. The van der Waals surface area contributed by atoms with E-state index in [1.54, 1.807) is 11.8 Å². The van der Waals surface area contributed by atoms with Crippen molar-refractivity contribution >= 4 is 23.4 Å². The summed E-state index contributed by atoms with van der Waals surface area (Å²) < 4.78 is 2.05. The maximum absolute atomic E-state index is 4.63. The molecule has 0 bridgehead atoms. The molecule has 1 aromatic carbocycles. The molecular weight excluding hydrogens is 342 g/mol. The molecule has 2 aromatic heterocycles. The van der Waals surface area contributed by atoms with Crippen LogP contribution < -0.4 is 5.32 Å². The van der Waals surface area contributed by atoms with Crippen molar-refractivity contribution < 1.29 is 0 Å². The van der Waals surface area contributed by atoms with Crippen LogP contribution in [0.2, 0.25) is 0 Å². The number of aliphatic imine (C=N–C) groups is 1. The summed E-state index contributed by atoms with van der Waals surface area (Å²) in [6.45, 7) is 1.62. The third-order valence-corrected chi connectivity index (χ3v) is 4.97. The molecule has 1 N–H and O–H groups in total.